The maximum absolute atomic E-state index is 14.7. The van der Waals surface area contributed by atoms with Gasteiger partial charge in [0, 0.05) is 18.7 Å². The molecule has 5 saturated carbocycles. The van der Waals surface area contributed by atoms with E-state index < -0.39 is 11.4 Å². The van der Waals surface area contributed by atoms with Crippen molar-refractivity contribution in [1.82, 2.24) is 10.6 Å². The molecule has 7 heteroatoms. The molecular formula is C46H62N2O5. The Morgan fingerprint density at radius 2 is 1.42 bits per heavy atom. The molecule has 2 amide bonds. The second-order valence-electron chi connectivity index (χ2n) is 19.3. The van der Waals surface area contributed by atoms with Gasteiger partial charge in [0.25, 0.3) is 5.91 Å². The lowest BCUT2D eigenvalue weighted by Gasteiger charge is -2.72. The normalized spacial score (nSPS) is 38.3. The third-order valence-corrected chi connectivity index (χ3v) is 16.8. The lowest BCUT2D eigenvalue weighted by molar-refractivity contribution is -0.246. The van der Waals surface area contributed by atoms with Crippen molar-refractivity contribution in [2.24, 2.45) is 56.7 Å². The summed E-state index contributed by atoms with van der Waals surface area (Å²) in [6.07, 6.45) is 10.4. The first-order valence-electron chi connectivity index (χ1n) is 20.3. The molecule has 7 rings (SSSR count). The van der Waals surface area contributed by atoms with E-state index in [2.05, 4.69) is 58.8 Å². The van der Waals surface area contributed by atoms with Gasteiger partial charge < -0.3 is 20.8 Å². The predicted molar refractivity (Wildman–Crippen MR) is 208 cm³/mol. The highest BCUT2D eigenvalue weighted by molar-refractivity contribution is 5.94. The Bertz CT molecular complexity index is 1800. The Kier molecular flexibility index (Phi) is 9.56. The number of allylic oxidation sites excluding steroid dienone is 1. The Morgan fingerprint density at radius 3 is 2.09 bits per heavy atom. The Morgan fingerprint density at radius 1 is 0.755 bits per heavy atom. The number of aliphatic hydroxyl groups excluding tert-OH is 1. The molecule has 0 radical (unpaired) electrons. The number of carboxylic acid groups (broad SMARTS) is 1. The van der Waals surface area contributed by atoms with Crippen molar-refractivity contribution in [3.05, 3.63) is 82.9 Å². The zero-order valence-electron chi connectivity index (χ0n) is 32.9. The number of aromatic carboxylic acids is 1. The summed E-state index contributed by atoms with van der Waals surface area (Å²) in [5.41, 5.74) is 3.54. The number of benzene rings is 2. The lowest BCUT2D eigenvalue weighted by atomic mass is 9.32. The molecule has 4 N–H and O–H groups in total. The maximum Gasteiger partial charge on any atom is 0.335 e. The molecule has 2 aromatic rings. The van der Waals surface area contributed by atoms with Gasteiger partial charge in [-0.25, -0.2) is 4.79 Å². The molecule has 0 saturated heterocycles. The fourth-order valence-corrected chi connectivity index (χ4v) is 13.8. The van der Waals surface area contributed by atoms with Crippen LogP contribution in [0.15, 0.2) is 60.7 Å². The predicted octanol–water partition coefficient (Wildman–Crippen LogP) is 8.95. The van der Waals surface area contributed by atoms with E-state index in [1.807, 2.05) is 18.2 Å². The third-order valence-electron chi connectivity index (χ3n) is 16.8. The Labute approximate surface area is 316 Å². The standard InChI is InChI=1S/C46H62N2O5/c1-28(2)33-16-21-46(41(53)48-27-29-10-8-12-31(24-29)39(50)47-26-30-11-9-13-32(25-30)40(51)52)23-22-44(6)34(38(33)46)14-15-36-43(5)19-18-37(49)42(3,4)35(43)17-20-45(36,44)7/h8-13,24-25,33-38,49H,1,14-23,26-27H2,2-7H3,(H,47,50)(H,48,53)(H,51,52)/t33-,34?,35?,36?,37?,38?,43?,44+,45?,46?/m0/s1. The minimum atomic E-state index is -1.00. The van der Waals surface area contributed by atoms with Crippen LogP contribution in [-0.2, 0) is 17.9 Å². The van der Waals surface area contributed by atoms with Crippen molar-refractivity contribution >= 4 is 17.8 Å². The minimum Gasteiger partial charge on any atom is -0.478 e. The summed E-state index contributed by atoms with van der Waals surface area (Å²) in [5, 5.41) is 26.7. The smallest absolute Gasteiger partial charge is 0.335 e. The minimum absolute atomic E-state index is 0.0677. The summed E-state index contributed by atoms with van der Waals surface area (Å²) in [6, 6.07) is 14.0. The summed E-state index contributed by atoms with van der Waals surface area (Å²) in [6.45, 7) is 19.7. The summed E-state index contributed by atoms with van der Waals surface area (Å²) in [5.74, 6) is 1.12. The van der Waals surface area contributed by atoms with E-state index in [0.717, 1.165) is 50.5 Å². The quantitative estimate of drug-likeness (QED) is 0.203. The van der Waals surface area contributed by atoms with Crippen LogP contribution in [0, 0.1) is 56.7 Å². The zero-order valence-corrected chi connectivity index (χ0v) is 32.9. The molecule has 0 bridgehead atoms. The molecule has 8 unspecified atom stereocenters. The van der Waals surface area contributed by atoms with E-state index in [1.165, 1.54) is 30.9 Å². The maximum atomic E-state index is 14.7. The van der Waals surface area contributed by atoms with Crippen LogP contribution < -0.4 is 10.6 Å². The first kappa shape index (κ1) is 37.8. The van der Waals surface area contributed by atoms with Crippen LogP contribution in [0.25, 0.3) is 0 Å². The molecule has 0 spiro atoms. The van der Waals surface area contributed by atoms with Gasteiger partial charge in [-0.2, -0.15) is 0 Å². The van der Waals surface area contributed by atoms with Crippen LogP contribution in [0.1, 0.15) is 138 Å². The van der Waals surface area contributed by atoms with Crippen LogP contribution in [0.2, 0.25) is 0 Å². The number of amides is 2. The molecule has 5 aliphatic rings. The van der Waals surface area contributed by atoms with Gasteiger partial charge in [-0.15, -0.1) is 0 Å². The first-order valence-corrected chi connectivity index (χ1v) is 20.3. The molecule has 5 aliphatic carbocycles. The van der Waals surface area contributed by atoms with Crippen molar-refractivity contribution < 1.29 is 24.6 Å². The van der Waals surface area contributed by atoms with Gasteiger partial charge in [0.2, 0.25) is 5.91 Å². The molecule has 0 heterocycles. The van der Waals surface area contributed by atoms with Gasteiger partial charge >= 0.3 is 5.97 Å². The highest BCUT2D eigenvalue weighted by Gasteiger charge is 2.71. The number of rotatable bonds is 8. The summed E-state index contributed by atoms with van der Waals surface area (Å²) in [7, 11) is 0. The molecular weight excluding hydrogens is 661 g/mol. The zero-order chi connectivity index (χ0) is 38.1. The van der Waals surface area contributed by atoms with Crippen molar-refractivity contribution in [2.75, 3.05) is 0 Å². The molecule has 0 aromatic heterocycles. The van der Waals surface area contributed by atoms with Gasteiger partial charge in [-0.1, -0.05) is 71.0 Å². The first-order chi connectivity index (χ1) is 25.0. The molecule has 286 valence electrons. The van der Waals surface area contributed by atoms with Crippen LogP contribution in [0.3, 0.4) is 0 Å². The van der Waals surface area contributed by atoms with E-state index in [4.69, 9.17) is 0 Å². The Hall–Kier alpha value is -3.45. The number of carbonyl (C=O) groups excluding carboxylic acids is 2. The van der Waals surface area contributed by atoms with Gasteiger partial charge in [0.1, 0.15) is 0 Å². The summed E-state index contributed by atoms with van der Waals surface area (Å²) < 4.78 is 0. The van der Waals surface area contributed by atoms with E-state index in [0.29, 0.717) is 41.3 Å². The number of fused-ring (bicyclic) bond motifs is 7. The average Bonchev–Trinajstić information content (AvgIpc) is 3.53. The lowest BCUT2D eigenvalue weighted by Crippen LogP contribution is -2.67. The number of hydrogen-bond acceptors (Lipinski definition) is 4. The van der Waals surface area contributed by atoms with Crippen molar-refractivity contribution in [3.63, 3.8) is 0 Å². The second-order valence-corrected chi connectivity index (χ2v) is 19.3. The van der Waals surface area contributed by atoms with E-state index in [1.54, 1.807) is 24.3 Å². The SMILES string of the molecule is C=C(C)[C@@H]1CCC2(C(=O)NCc3cccc(C(=O)NCc4cccc(C(=O)O)c4)c3)CC[C@]3(C)C(CCC4C5(C)CCC(O)C(C)(C)C5CCC43C)C12. The molecule has 7 nitrogen and oxygen atoms in total. The molecule has 53 heavy (non-hydrogen) atoms. The topological polar surface area (TPSA) is 116 Å². The van der Waals surface area contributed by atoms with Gasteiger partial charge in [-0.05, 0) is 158 Å². The summed E-state index contributed by atoms with van der Waals surface area (Å²) >= 11 is 0. The van der Waals surface area contributed by atoms with Crippen molar-refractivity contribution in [3.8, 4) is 0 Å². The van der Waals surface area contributed by atoms with Crippen LogP contribution in [-0.4, -0.2) is 34.1 Å². The van der Waals surface area contributed by atoms with Crippen LogP contribution in [0.4, 0.5) is 0 Å². The van der Waals surface area contributed by atoms with Crippen molar-refractivity contribution in [1.29, 1.82) is 0 Å². The Balaban J connectivity index is 1.08. The number of aliphatic hydroxyl groups is 1. The summed E-state index contributed by atoms with van der Waals surface area (Å²) in [4.78, 5) is 39.2. The number of carbonyl (C=O) groups is 3. The second kappa shape index (κ2) is 13.4. The highest BCUT2D eigenvalue weighted by Crippen LogP contribution is 2.77. The average molecular weight is 723 g/mol. The van der Waals surface area contributed by atoms with E-state index in [9.17, 15) is 24.6 Å². The van der Waals surface area contributed by atoms with Gasteiger partial charge in [0.05, 0.1) is 17.1 Å². The van der Waals surface area contributed by atoms with E-state index >= 15 is 0 Å². The third kappa shape index (κ3) is 5.90. The van der Waals surface area contributed by atoms with Crippen LogP contribution in [0.5, 0.6) is 0 Å². The highest BCUT2D eigenvalue weighted by atomic mass is 16.4. The van der Waals surface area contributed by atoms with Crippen LogP contribution >= 0.6 is 0 Å². The monoisotopic (exact) mass is 722 g/mol. The molecule has 5 fully saturated rings. The fraction of sp³-hybridized carbons (Fsp3) is 0.630. The number of hydrogen-bond donors (Lipinski definition) is 4. The number of carboxylic acids is 1. The molecule has 0 aliphatic heterocycles. The molecule has 2 aromatic carbocycles. The molecule has 10 atom stereocenters. The number of nitrogens with one attached hydrogen (secondary N) is 2. The van der Waals surface area contributed by atoms with Crippen molar-refractivity contribution in [2.45, 2.75) is 125 Å². The fourth-order valence-electron chi connectivity index (χ4n) is 13.8. The van der Waals surface area contributed by atoms with Gasteiger partial charge in [-0.3, -0.25) is 9.59 Å². The van der Waals surface area contributed by atoms with Gasteiger partial charge in [0.15, 0.2) is 0 Å². The van der Waals surface area contributed by atoms with E-state index in [-0.39, 0.29) is 57.6 Å². The largest absolute Gasteiger partial charge is 0.478 e.